The normalized spacial score (nSPS) is 12.3. The predicted octanol–water partition coefficient (Wildman–Crippen LogP) is -1.39. The number of guanidine groups is 1. The van der Waals surface area contributed by atoms with Gasteiger partial charge in [0.05, 0.1) is 12.7 Å². The van der Waals surface area contributed by atoms with Crippen molar-refractivity contribution in [2.75, 3.05) is 13.2 Å². The van der Waals surface area contributed by atoms with Crippen molar-refractivity contribution < 1.29 is 10.2 Å². The van der Waals surface area contributed by atoms with Crippen LogP contribution >= 0.6 is 11.8 Å². The van der Waals surface area contributed by atoms with Crippen LogP contribution < -0.4 is 10.2 Å². The lowest BCUT2D eigenvalue weighted by Gasteiger charge is -2.08. The summed E-state index contributed by atoms with van der Waals surface area (Å²) in [5.41, 5.74) is 0. The first kappa shape index (κ1) is 9.48. The van der Waals surface area contributed by atoms with Gasteiger partial charge in [-0.05, 0) is 0 Å². The van der Waals surface area contributed by atoms with E-state index in [4.69, 9.17) is 27.4 Å². The molecule has 0 rings (SSSR count). The zero-order valence-electron chi connectivity index (χ0n) is 5.26. The van der Waals surface area contributed by atoms with Crippen molar-refractivity contribution in [3.05, 3.63) is 0 Å². The molecule has 0 radical (unpaired) electrons. The SMILES string of the molecule is N=C(NCl)NC[C@@H](O)CO. The molecule has 0 spiro atoms. The number of nitrogens with one attached hydrogen (secondary N) is 3. The molecule has 0 aliphatic carbocycles. The largest absolute Gasteiger partial charge is 0.394 e. The summed E-state index contributed by atoms with van der Waals surface area (Å²) in [6.07, 6.45) is -0.856. The molecule has 0 amide bonds. The van der Waals surface area contributed by atoms with Crippen LogP contribution in [0.4, 0.5) is 0 Å². The van der Waals surface area contributed by atoms with Crippen LogP contribution in [0.5, 0.6) is 0 Å². The third-order valence-electron chi connectivity index (χ3n) is 0.820. The lowest BCUT2D eigenvalue weighted by Crippen LogP contribution is -2.37. The first-order valence-corrected chi connectivity index (χ1v) is 3.06. The molecule has 0 aliphatic rings. The van der Waals surface area contributed by atoms with Gasteiger partial charge in [-0.2, -0.15) is 0 Å². The van der Waals surface area contributed by atoms with Gasteiger partial charge in [0, 0.05) is 18.3 Å². The second-order valence-corrected chi connectivity index (χ2v) is 1.88. The van der Waals surface area contributed by atoms with Gasteiger partial charge in [0.25, 0.3) is 0 Å². The van der Waals surface area contributed by atoms with E-state index >= 15 is 0 Å². The second kappa shape index (κ2) is 5.28. The van der Waals surface area contributed by atoms with Crippen LogP contribution in [0.2, 0.25) is 0 Å². The molecule has 1 atom stereocenters. The summed E-state index contributed by atoms with van der Waals surface area (Å²) in [7, 11) is 0. The highest BCUT2D eigenvalue weighted by atomic mass is 35.5. The molecule has 10 heavy (non-hydrogen) atoms. The van der Waals surface area contributed by atoms with Gasteiger partial charge in [-0.25, -0.2) is 0 Å². The summed E-state index contributed by atoms with van der Waals surface area (Å²) in [6.45, 7) is -0.225. The van der Waals surface area contributed by atoms with Crippen molar-refractivity contribution in [3.63, 3.8) is 0 Å². The Morgan fingerprint density at radius 1 is 1.70 bits per heavy atom. The molecular formula is C4H10ClN3O2. The molecule has 5 nitrogen and oxygen atoms in total. The van der Waals surface area contributed by atoms with Crippen molar-refractivity contribution in [1.82, 2.24) is 10.2 Å². The monoisotopic (exact) mass is 167 g/mol. The van der Waals surface area contributed by atoms with E-state index in [0.717, 1.165) is 0 Å². The molecule has 0 fully saturated rings. The van der Waals surface area contributed by atoms with Crippen LogP contribution in [0.25, 0.3) is 0 Å². The van der Waals surface area contributed by atoms with Gasteiger partial charge in [-0.15, -0.1) is 0 Å². The molecule has 0 aromatic carbocycles. The van der Waals surface area contributed by atoms with Gasteiger partial charge in [0.1, 0.15) is 0 Å². The Morgan fingerprint density at radius 3 is 2.70 bits per heavy atom. The standard InChI is InChI=1S/C4H10ClN3O2/c5-8-4(6)7-1-3(10)2-9/h3,9-10H,1-2H2,(H3,6,7,8)/t3-/m1/s1. The maximum atomic E-state index is 8.72. The van der Waals surface area contributed by atoms with Crippen LogP contribution in [-0.2, 0) is 0 Å². The average Bonchev–Trinajstić information content (AvgIpc) is 1.99. The van der Waals surface area contributed by atoms with Crippen molar-refractivity contribution in [3.8, 4) is 0 Å². The Bertz CT molecular complexity index is 111. The highest BCUT2D eigenvalue weighted by molar-refractivity contribution is 6.21. The fraction of sp³-hybridized carbons (Fsp3) is 0.750. The molecule has 6 heteroatoms. The smallest absolute Gasteiger partial charge is 0.203 e. The van der Waals surface area contributed by atoms with Crippen molar-refractivity contribution in [2.45, 2.75) is 6.10 Å². The van der Waals surface area contributed by atoms with Crippen LogP contribution in [0.15, 0.2) is 0 Å². The fourth-order valence-corrected chi connectivity index (χ4v) is 0.385. The van der Waals surface area contributed by atoms with E-state index in [0.29, 0.717) is 0 Å². The van der Waals surface area contributed by atoms with Gasteiger partial charge < -0.3 is 15.5 Å². The zero-order chi connectivity index (χ0) is 7.98. The molecule has 0 heterocycles. The summed E-state index contributed by atoms with van der Waals surface area (Å²) in [5.74, 6) is -0.103. The molecule has 0 aliphatic heterocycles. The molecule has 60 valence electrons. The average molecular weight is 168 g/mol. The molecule has 0 saturated carbocycles. The number of halogens is 1. The minimum Gasteiger partial charge on any atom is -0.394 e. The minimum absolute atomic E-state index is 0.103. The van der Waals surface area contributed by atoms with Crippen LogP contribution in [0.1, 0.15) is 0 Å². The first-order valence-electron chi connectivity index (χ1n) is 2.68. The second-order valence-electron chi connectivity index (χ2n) is 1.69. The zero-order valence-corrected chi connectivity index (χ0v) is 6.02. The molecule has 0 aromatic rings. The maximum Gasteiger partial charge on any atom is 0.203 e. The highest BCUT2D eigenvalue weighted by Gasteiger charge is 2.00. The van der Waals surface area contributed by atoms with E-state index in [1.165, 1.54) is 0 Å². The summed E-state index contributed by atoms with van der Waals surface area (Å²) >= 11 is 5.00. The number of aliphatic hydroxyl groups is 2. The van der Waals surface area contributed by atoms with Crippen molar-refractivity contribution >= 4 is 17.7 Å². The van der Waals surface area contributed by atoms with E-state index in [1.54, 1.807) is 0 Å². The predicted molar refractivity (Wildman–Crippen MR) is 37.8 cm³/mol. The number of aliphatic hydroxyl groups excluding tert-OH is 2. The highest BCUT2D eigenvalue weighted by Crippen LogP contribution is 1.75. The Morgan fingerprint density at radius 2 is 2.30 bits per heavy atom. The van der Waals surface area contributed by atoms with Crippen molar-refractivity contribution in [1.29, 1.82) is 5.41 Å². The van der Waals surface area contributed by atoms with E-state index in [2.05, 4.69) is 5.32 Å². The third kappa shape index (κ3) is 4.37. The molecular weight excluding hydrogens is 158 g/mol. The van der Waals surface area contributed by atoms with Crippen molar-refractivity contribution in [2.24, 2.45) is 0 Å². The van der Waals surface area contributed by atoms with Crippen LogP contribution in [0.3, 0.4) is 0 Å². The van der Waals surface area contributed by atoms with E-state index in [-0.39, 0.29) is 19.1 Å². The first-order chi connectivity index (χ1) is 4.70. The van der Waals surface area contributed by atoms with Gasteiger partial charge >= 0.3 is 0 Å². The Hall–Kier alpha value is -0.520. The molecule has 0 bridgehead atoms. The van der Waals surface area contributed by atoms with Crippen LogP contribution in [0, 0.1) is 5.41 Å². The van der Waals surface area contributed by atoms with Crippen LogP contribution in [-0.4, -0.2) is 35.4 Å². The van der Waals surface area contributed by atoms with E-state index in [1.807, 2.05) is 4.84 Å². The maximum absolute atomic E-state index is 8.72. The summed E-state index contributed by atoms with van der Waals surface area (Å²) < 4.78 is 0. The lowest BCUT2D eigenvalue weighted by molar-refractivity contribution is 0.0981. The summed E-state index contributed by atoms with van der Waals surface area (Å²) in [6, 6.07) is 0. The van der Waals surface area contributed by atoms with Gasteiger partial charge in [0.15, 0.2) is 0 Å². The number of rotatable bonds is 3. The molecule has 5 N–H and O–H groups in total. The molecule has 0 unspecified atom stereocenters. The fourth-order valence-electron chi connectivity index (χ4n) is 0.318. The Balaban J connectivity index is 3.26. The third-order valence-corrected chi connectivity index (χ3v) is 1.01. The van der Waals surface area contributed by atoms with Gasteiger partial charge in [0.2, 0.25) is 5.96 Å². The van der Waals surface area contributed by atoms with E-state index in [9.17, 15) is 0 Å². The topological polar surface area (TPSA) is 88.4 Å². The van der Waals surface area contributed by atoms with E-state index < -0.39 is 6.10 Å². The molecule has 0 aromatic heterocycles. The quantitative estimate of drug-likeness (QED) is 0.203. The number of hydrogen-bond acceptors (Lipinski definition) is 3. The Labute approximate surface area is 63.6 Å². The number of hydrogen-bond donors (Lipinski definition) is 5. The lowest BCUT2D eigenvalue weighted by atomic mass is 10.4. The Kier molecular flexibility index (Phi) is 5.00. The van der Waals surface area contributed by atoms with Gasteiger partial charge in [-0.3, -0.25) is 10.2 Å². The molecule has 0 saturated heterocycles. The minimum atomic E-state index is -0.856. The summed E-state index contributed by atoms with van der Waals surface area (Å²) in [4.78, 5) is 2.00. The van der Waals surface area contributed by atoms with Gasteiger partial charge in [-0.1, -0.05) is 0 Å². The summed E-state index contributed by atoms with van der Waals surface area (Å²) in [5, 5.41) is 26.3.